The highest BCUT2D eigenvalue weighted by atomic mass is 16.4. The molecule has 5 nitrogen and oxygen atoms in total. The van der Waals surface area contributed by atoms with Gasteiger partial charge < -0.3 is 14.4 Å². The number of carbonyl (C=O) groups is 2. The average molecular weight is 279 g/mol. The van der Waals surface area contributed by atoms with Crippen LogP contribution in [0.4, 0.5) is 0 Å². The van der Waals surface area contributed by atoms with Gasteiger partial charge in [-0.1, -0.05) is 26.2 Å². The zero-order chi connectivity index (χ0) is 14.7. The van der Waals surface area contributed by atoms with E-state index in [9.17, 15) is 9.59 Å². The van der Waals surface area contributed by atoms with E-state index in [4.69, 9.17) is 9.52 Å². The molecule has 0 atom stereocenters. The van der Waals surface area contributed by atoms with Gasteiger partial charge in [0.25, 0.3) is 5.91 Å². The Labute approximate surface area is 118 Å². The largest absolute Gasteiger partial charge is 0.478 e. The molecule has 0 radical (unpaired) electrons. The Bertz CT molecular complexity index is 500. The molecule has 1 fully saturated rings. The molecule has 2 rings (SSSR count). The summed E-state index contributed by atoms with van der Waals surface area (Å²) in [6.45, 7) is 1.81. The smallest absolute Gasteiger partial charge is 0.339 e. The minimum Gasteiger partial charge on any atom is -0.478 e. The summed E-state index contributed by atoms with van der Waals surface area (Å²) in [5.41, 5.74) is 0.0906. The van der Waals surface area contributed by atoms with Crippen LogP contribution in [0.25, 0.3) is 0 Å². The predicted octanol–water partition coefficient (Wildman–Crippen LogP) is 2.94. The van der Waals surface area contributed by atoms with Crippen LogP contribution in [0.5, 0.6) is 0 Å². The number of furan rings is 1. The second-order valence-corrected chi connectivity index (χ2v) is 5.31. The fourth-order valence-electron chi connectivity index (χ4n) is 2.79. The van der Waals surface area contributed by atoms with E-state index < -0.39 is 5.97 Å². The van der Waals surface area contributed by atoms with Gasteiger partial charge >= 0.3 is 5.97 Å². The van der Waals surface area contributed by atoms with Gasteiger partial charge in [0.2, 0.25) is 0 Å². The monoisotopic (exact) mass is 279 g/mol. The van der Waals surface area contributed by atoms with E-state index in [1.165, 1.54) is 12.5 Å². The number of amides is 1. The van der Waals surface area contributed by atoms with Crippen LogP contribution in [0.15, 0.2) is 10.5 Å². The third-order valence-corrected chi connectivity index (χ3v) is 4.01. The van der Waals surface area contributed by atoms with Crippen molar-refractivity contribution in [1.29, 1.82) is 0 Å². The third-order valence-electron chi connectivity index (χ3n) is 4.01. The Balaban J connectivity index is 2.17. The van der Waals surface area contributed by atoms with Crippen LogP contribution in [0.3, 0.4) is 0 Å². The second-order valence-electron chi connectivity index (χ2n) is 5.31. The predicted molar refractivity (Wildman–Crippen MR) is 74.0 cm³/mol. The van der Waals surface area contributed by atoms with Crippen molar-refractivity contribution in [1.82, 2.24) is 4.90 Å². The highest BCUT2D eigenvalue weighted by Crippen LogP contribution is 2.24. The van der Waals surface area contributed by atoms with E-state index >= 15 is 0 Å². The Morgan fingerprint density at radius 2 is 2.00 bits per heavy atom. The first-order valence-corrected chi connectivity index (χ1v) is 7.17. The maximum absolute atomic E-state index is 12.4. The summed E-state index contributed by atoms with van der Waals surface area (Å²) in [5.74, 6) is -0.783. The van der Waals surface area contributed by atoms with Gasteiger partial charge in [-0.2, -0.15) is 0 Å². The van der Waals surface area contributed by atoms with Gasteiger partial charge in [0, 0.05) is 25.6 Å². The highest BCUT2D eigenvalue weighted by molar-refractivity contribution is 5.96. The van der Waals surface area contributed by atoms with E-state index in [-0.39, 0.29) is 23.3 Å². The van der Waals surface area contributed by atoms with Gasteiger partial charge in [-0.25, -0.2) is 4.79 Å². The van der Waals surface area contributed by atoms with Crippen molar-refractivity contribution in [3.05, 3.63) is 23.2 Å². The van der Waals surface area contributed by atoms with Crippen molar-refractivity contribution in [3.8, 4) is 0 Å². The molecule has 0 unspecified atom stereocenters. The molecule has 1 aromatic heterocycles. The number of carbonyl (C=O) groups excluding carboxylic acids is 1. The molecule has 5 heteroatoms. The highest BCUT2D eigenvalue weighted by Gasteiger charge is 2.27. The third kappa shape index (κ3) is 2.86. The summed E-state index contributed by atoms with van der Waals surface area (Å²) in [6.07, 6.45) is 5.98. The Morgan fingerprint density at radius 1 is 1.35 bits per heavy atom. The topological polar surface area (TPSA) is 70.8 Å². The minimum atomic E-state index is -1.05. The van der Waals surface area contributed by atoms with Crippen molar-refractivity contribution in [2.45, 2.75) is 51.5 Å². The maximum atomic E-state index is 12.4. The second kappa shape index (κ2) is 6.11. The van der Waals surface area contributed by atoms with Crippen LogP contribution >= 0.6 is 0 Å². The number of hydrogen-bond donors (Lipinski definition) is 1. The van der Waals surface area contributed by atoms with Crippen LogP contribution in [0, 0.1) is 0 Å². The molecule has 20 heavy (non-hydrogen) atoms. The van der Waals surface area contributed by atoms with E-state index in [0.29, 0.717) is 12.2 Å². The molecule has 1 amide bonds. The fourth-order valence-corrected chi connectivity index (χ4v) is 2.79. The SMILES string of the molecule is CCc1oc(C(=O)N(C)C2CCCCC2)cc1C(=O)O. The molecule has 1 heterocycles. The molecule has 1 aliphatic rings. The van der Waals surface area contributed by atoms with E-state index in [1.54, 1.807) is 11.9 Å². The number of aryl methyl sites for hydroxylation is 1. The standard InChI is InChI=1S/C15H21NO4/c1-3-12-11(15(18)19)9-13(20-12)14(17)16(2)10-7-5-4-6-8-10/h9-10H,3-8H2,1-2H3,(H,18,19). The summed E-state index contributed by atoms with van der Waals surface area (Å²) < 4.78 is 5.43. The lowest BCUT2D eigenvalue weighted by molar-refractivity contribution is 0.0659. The average Bonchev–Trinajstić information content (AvgIpc) is 2.91. The Hall–Kier alpha value is -1.78. The van der Waals surface area contributed by atoms with Crippen molar-refractivity contribution in [3.63, 3.8) is 0 Å². The van der Waals surface area contributed by atoms with Crippen LogP contribution in [-0.4, -0.2) is 35.0 Å². The lowest BCUT2D eigenvalue weighted by Gasteiger charge is -2.30. The molecule has 1 N–H and O–H groups in total. The quantitative estimate of drug-likeness (QED) is 0.919. The first-order valence-electron chi connectivity index (χ1n) is 7.17. The summed E-state index contributed by atoms with van der Waals surface area (Å²) >= 11 is 0. The van der Waals surface area contributed by atoms with Gasteiger partial charge in [0.15, 0.2) is 5.76 Å². The molecule has 0 bridgehead atoms. The molecule has 1 saturated carbocycles. The van der Waals surface area contributed by atoms with Gasteiger partial charge in [-0.05, 0) is 12.8 Å². The van der Waals surface area contributed by atoms with Crippen molar-refractivity contribution >= 4 is 11.9 Å². The van der Waals surface area contributed by atoms with Crippen LogP contribution in [0.1, 0.15) is 65.7 Å². The minimum absolute atomic E-state index is 0.0906. The van der Waals surface area contributed by atoms with Crippen LogP contribution in [-0.2, 0) is 6.42 Å². The number of nitrogens with zero attached hydrogens (tertiary/aromatic N) is 1. The molecule has 1 aromatic rings. The first kappa shape index (κ1) is 14.6. The fraction of sp³-hybridized carbons (Fsp3) is 0.600. The van der Waals surface area contributed by atoms with Crippen LogP contribution in [0.2, 0.25) is 0 Å². The number of aromatic carboxylic acids is 1. The first-order chi connectivity index (χ1) is 9.54. The Morgan fingerprint density at radius 3 is 2.50 bits per heavy atom. The number of hydrogen-bond acceptors (Lipinski definition) is 3. The van der Waals surface area contributed by atoms with Crippen LogP contribution < -0.4 is 0 Å². The lowest BCUT2D eigenvalue weighted by Crippen LogP contribution is -2.38. The molecule has 0 aromatic carbocycles. The number of carboxylic acids is 1. The maximum Gasteiger partial charge on any atom is 0.339 e. The van der Waals surface area contributed by atoms with Gasteiger partial charge in [0.05, 0.1) is 0 Å². The van der Waals surface area contributed by atoms with Gasteiger partial charge in [-0.3, -0.25) is 4.79 Å². The van der Waals surface area contributed by atoms with E-state index in [0.717, 1.165) is 25.7 Å². The molecule has 0 aliphatic heterocycles. The Kier molecular flexibility index (Phi) is 4.47. The number of rotatable bonds is 4. The zero-order valence-electron chi connectivity index (χ0n) is 12.0. The van der Waals surface area contributed by atoms with Gasteiger partial charge in [-0.15, -0.1) is 0 Å². The van der Waals surface area contributed by atoms with E-state index in [1.807, 2.05) is 6.92 Å². The summed E-state index contributed by atoms with van der Waals surface area (Å²) in [4.78, 5) is 25.2. The molecule has 0 saturated heterocycles. The van der Waals surface area contributed by atoms with Crippen molar-refractivity contribution in [2.75, 3.05) is 7.05 Å². The normalized spacial score (nSPS) is 16.1. The van der Waals surface area contributed by atoms with Gasteiger partial charge in [0.1, 0.15) is 11.3 Å². The van der Waals surface area contributed by atoms with E-state index in [2.05, 4.69) is 0 Å². The van der Waals surface area contributed by atoms with Crippen molar-refractivity contribution < 1.29 is 19.1 Å². The molecule has 1 aliphatic carbocycles. The summed E-state index contributed by atoms with van der Waals surface area (Å²) in [7, 11) is 1.77. The zero-order valence-corrected chi connectivity index (χ0v) is 12.0. The molecular weight excluding hydrogens is 258 g/mol. The van der Waals surface area contributed by atoms with Crippen molar-refractivity contribution in [2.24, 2.45) is 0 Å². The molecule has 110 valence electrons. The number of carboxylic acid groups (broad SMARTS) is 1. The summed E-state index contributed by atoms with van der Waals surface area (Å²) in [6, 6.07) is 1.59. The molecule has 0 spiro atoms. The lowest BCUT2D eigenvalue weighted by atomic mass is 9.94. The molecular formula is C15H21NO4. The summed E-state index contributed by atoms with van der Waals surface area (Å²) in [5, 5.41) is 9.09.